The third-order valence-corrected chi connectivity index (χ3v) is 7.95. The quantitative estimate of drug-likeness (QED) is 0.0864. The summed E-state index contributed by atoms with van der Waals surface area (Å²) < 4.78 is 12.5. The topological polar surface area (TPSA) is 84.8 Å². The van der Waals surface area contributed by atoms with Gasteiger partial charge in [-0.2, -0.15) is 5.10 Å². The van der Waals surface area contributed by atoms with Crippen LogP contribution in [0.5, 0.6) is 11.5 Å². The number of thiazole rings is 1. The van der Waals surface area contributed by atoms with Crippen LogP contribution in [0.3, 0.4) is 0 Å². The van der Waals surface area contributed by atoms with Crippen molar-refractivity contribution in [3.8, 4) is 22.8 Å². The summed E-state index contributed by atoms with van der Waals surface area (Å²) in [5, 5.41) is 10.8. The predicted molar refractivity (Wildman–Crippen MR) is 179 cm³/mol. The van der Waals surface area contributed by atoms with Gasteiger partial charge in [0, 0.05) is 27.2 Å². The summed E-state index contributed by atoms with van der Waals surface area (Å²) in [6, 6.07) is 26.6. The minimum absolute atomic E-state index is 0.319. The zero-order valence-electron chi connectivity index (χ0n) is 22.7. The van der Waals surface area contributed by atoms with Gasteiger partial charge in [-0.25, -0.2) is 10.4 Å². The van der Waals surface area contributed by atoms with E-state index in [1.54, 1.807) is 25.5 Å². The number of anilines is 2. The number of halogens is 2. The summed E-state index contributed by atoms with van der Waals surface area (Å²) in [5.41, 5.74) is 8.72. The third-order valence-electron chi connectivity index (χ3n) is 6.14. The Labute approximate surface area is 266 Å². The first kappa shape index (κ1) is 29.6. The van der Waals surface area contributed by atoms with E-state index in [0.717, 1.165) is 36.8 Å². The second-order valence-electron chi connectivity index (χ2n) is 9.26. The minimum Gasteiger partial charge on any atom is -0.493 e. The van der Waals surface area contributed by atoms with Crippen molar-refractivity contribution in [1.29, 1.82) is 0 Å². The van der Waals surface area contributed by atoms with E-state index < -0.39 is 0 Å². The molecule has 212 valence electrons. The van der Waals surface area contributed by atoms with E-state index in [4.69, 9.17) is 21.1 Å². The minimum atomic E-state index is -0.319. The number of carbonyl (C=O) groups is 1. The fourth-order valence-corrected chi connectivity index (χ4v) is 5.70. The van der Waals surface area contributed by atoms with Crippen molar-refractivity contribution in [3.05, 3.63) is 121 Å². The summed E-state index contributed by atoms with van der Waals surface area (Å²) in [6.07, 6.45) is 1.58. The van der Waals surface area contributed by atoms with Gasteiger partial charge >= 0.3 is 0 Å². The van der Waals surface area contributed by atoms with Crippen LogP contribution in [-0.2, 0) is 6.61 Å². The smallest absolute Gasteiger partial charge is 0.271 e. The fourth-order valence-electron chi connectivity index (χ4n) is 4.05. The molecule has 4 aromatic carbocycles. The van der Waals surface area contributed by atoms with Gasteiger partial charge in [0.2, 0.25) is 0 Å². The molecule has 2 N–H and O–H groups in total. The zero-order chi connectivity index (χ0) is 29.5. The van der Waals surface area contributed by atoms with E-state index in [2.05, 4.69) is 62.5 Å². The first-order chi connectivity index (χ1) is 20.4. The first-order valence-corrected chi connectivity index (χ1v) is 15.2. The van der Waals surface area contributed by atoms with Gasteiger partial charge in [0.1, 0.15) is 6.61 Å². The van der Waals surface area contributed by atoms with E-state index in [1.165, 1.54) is 16.9 Å². The van der Waals surface area contributed by atoms with Crippen LogP contribution in [0.1, 0.15) is 27.0 Å². The molecule has 5 rings (SSSR count). The lowest BCUT2D eigenvalue weighted by Gasteiger charge is -2.14. The molecule has 5 aromatic rings. The summed E-state index contributed by atoms with van der Waals surface area (Å²) >= 11 is 9.66. The van der Waals surface area contributed by atoms with E-state index in [1.807, 2.05) is 66.0 Å². The highest BCUT2D eigenvalue weighted by molar-refractivity contribution is 14.1. The molecule has 0 fully saturated rings. The number of benzene rings is 4. The summed E-state index contributed by atoms with van der Waals surface area (Å²) in [4.78, 5) is 17.3. The molecular weight excluding hydrogens is 683 g/mol. The highest BCUT2D eigenvalue weighted by Crippen LogP contribution is 2.34. The van der Waals surface area contributed by atoms with Crippen molar-refractivity contribution < 1.29 is 14.3 Å². The number of hydrogen-bond donors (Lipinski definition) is 2. The standard InChI is InChI=1S/C32H26ClIN4O3S/c1-20-4-3-5-21(14-20)18-41-30-27(34)15-22(16-29(30)40-2)17-35-38-31(39)24-8-6-23(7-9-24)28-19-42-32(37-28)36-26-12-10-25(33)11-13-26/h3-17,19H,18H2,1-2H3,(H,36,37)(H,38,39)/b35-17-. The van der Waals surface area contributed by atoms with Crippen LogP contribution in [0.2, 0.25) is 5.02 Å². The maximum atomic E-state index is 12.7. The summed E-state index contributed by atoms with van der Waals surface area (Å²) in [5.74, 6) is 0.932. The first-order valence-electron chi connectivity index (χ1n) is 12.9. The van der Waals surface area contributed by atoms with Crippen LogP contribution in [0, 0.1) is 10.5 Å². The van der Waals surface area contributed by atoms with Crippen molar-refractivity contribution >= 4 is 68.5 Å². The van der Waals surface area contributed by atoms with E-state index in [0.29, 0.717) is 28.7 Å². The van der Waals surface area contributed by atoms with E-state index in [-0.39, 0.29) is 5.91 Å². The van der Waals surface area contributed by atoms with Crippen molar-refractivity contribution in [3.63, 3.8) is 0 Å². The lowest BCUT2D eigenvalue weighted by Crippen LogP contribution is -2.17. The molecule has 10 heteroatoms. The Morgan fingerprint density at radius 3 is 2.60 bits per heavy atom. The molecule has 1 amide bonds. The Balaban J connectivity index is 1.18. The maximum Gasteiger partial charge on any atom is 0.271 e. The lowest BCUT2D eigenvalue weighted by atomic mass is 10.1. The second-order valence-corrected chi connectivity index (χ2v) is 11.7. The number of hydrogen-bond acceptors (Lipinski definition) is 7. The van der Waals surface area contributed by atoms with Gasteiger partial charge in [-0.05, 0) is 89.2 Å². The number of rotatable bonds is 10. The number of aromatic nitrogens is 1. The number of methoxy groups -OCH3 is 1. The molecule has 0 aliphatic heterocycles. The predicted octanol–water partition coefficient (Wildman–Crippen LogP) is 8.47. The number of carbonyl (C=O) groups excluding carboxylic acids is 1. The lowest BCUT2D eigenvalue weighted by molar-refractivity contribution is 0.0955. The molecule has 0 spiro atoms. The van der Waals surface area contributed by atoms with Crippen LogP contribution >= 0.6 is 45.5 Å². The summed E-state index contributed by atoms with van der Waals surface area (Å²) in [7, 11) is 1.60. The van der Waals surface area contributed by atoms with Gasteiger partial charge in [0.25, 0.3) is 5.91 Å². The van der Waals surface area contributed by atoms with Crippen molar-refractivity contribution in [2.45, 2.75) is 13.5 Å². The Hall–Kier alpha value is -3.93. The molecule has 0 saturated heterocycles. The van der Waals surface area contributed by atoms with Crippen LogP contribution in [0.4, 0.5) is 10.8 Å². The molecule has 0 radical (unpaired) electrons. The number of amides is 1. The molecular formula is C32H26ClIN4O3S. The van der Waals surface area contributed by atoms with Gasteiger partial charge in [0.15, 0.2) is 16.6 Å². The van der Waals surface area contributed by atoms with Gasteiger partial charge in [0.05, 0.1) is 22.6 Å². The molecule has 0 saturated carbocycles. The van der Waals surface area contributed by atoms with Crippen molar-refractivity contribution in [2.24, 2.45) is 5.10 Å². The fraction of sp³-hybridized carbons (Fsp3) is 0.0938. The average Bonchev–Trinajstić information content (AvgIpc) is 3.46. The van der Waals surface area contributed by atoms with Crippen molar-refractivity contribution in [1.82, 2.24) is 10.4 Å². The Morgan fingerprint density at radius 2 is 1.86 bits per heavy atom. The molecule has 0 atom stereocenters. The summed E-state index contributed by atoms with van der Waals surface area (Å²) in [6.45, 7) is 2.48. The Morgan fingerprint density at radius 1 is 1.07 bits per heavy atom. The van der Waals surface area contributed by atoms with E-state index in [9.17, 15) is 4.79 Å². The monoisotopic (exact) mass is 708 g/mol. The van der Waals surface area contributed by atoms with Crippen LogP contribution in [0.15, 0.2) is 95.4 Å². The molecule has 1 aromatic heterocycles. The van der Waals surface area contributed by atoms with Crippen molar-refractivity contribution in [2.75, 3.05) is 12.4 Å². The third kappa shape index (κ3) is 7.67. The van der Waals surface area contributed by atoms with Gasteiger partial charge in [-0.3, -0.25) is 4.79 Å². The molecule has 0 unspecified atom stereocenters. The Bertz CT molecular complexity index is 1720. The Kier molecular flexibility index (Phi) is 9.73. The molecule has 0 bridgehead atoms. The molecule has 0 aliphatic rings. The number of nitrogens with one attached hydrogen (secondary N) is 2. The number of aryl methyl sites for hydroxylation is 1. The largest absolute Gasteiger partial charge is 0.493 e. The van der Waals surface area contributed by atoms with Crippen LogP contribution in [-0.4, -0.2) is 24.2 Å². The highest BCUT2D eigenvalue weighted by atomic mass is 127. The highest BCUT2D eigenvalue weighted by Gasteiger charge is 2.12. The van der Waals surface area contributed by atoms with Gasteiger partial charge < -0.3 is 14.8 Å². The zero-order valence-corrected chi connectivity index (χ0v) is 26.5. The molecule has 0 aliphatic carbocycles. The molecule has 1 heterocycles. The van der Waals surface area contributed by atoms with Crippen LogP contribution < -0.4 is 20.2 Å². The second kappa shape index (κ2) is 13.8. The van der Waals surface area contributed by atoms with Crippen LogP contribution in [0.25, 0.3) is 11.3 Å². The SMILES string of the molecule is COc1cc(/C=N\NC(=O)c2ccc(-c3csc(Nc4ccc(Cl)cc4)n3)cc2)cc(I)c1OCc1cccc(C)c1. The normalized spacial score (nSPS) is 11.0. The average molecular weight is 709 g/mol. The number of nitrogens with zero attached hydrogens (tertiary/aromatic N) is 2. The molecule has 7 nitrogen and oxygen atoms in total. The number of hydrazone groups is 1. The van der Waals surface area contributed by atoms with Gasteiger partial charge in [-0.1, -0.05) is 53.6 Å². The number of ether oxygens (including phenoxy) is 2. The maximum absolute atomic E-state index is 12.7. The van der Waals surface area contributed by atoms with E-state index >= 15 is 0 Å². The molecule has 42 heavy (non-hydrogen) atoms. The van der Waals surface area contributed by atoms with Gasteiger partial charge in [-0.15, -0.1) is 11.3 Å².